The molecule has 0 amide bonds. The van der Waals surface area contributed by atoms with Crippen molar-refractivity contribution < 1.29 is 33.8 Å². The van der Waals surface area contributed by atoms with Crippen LogP contribution in [0, 0.1) is 0 Å². The topological polar surface area (TPSA) is 280 Å². The van der Waals surface area contributed by atoms with Crippen molar-refractivity contribution in [2.75, 3.05) is 34.2 Å². The molecule has 54 heavy (non-hydrogen) atoms. The van der Waals surface area contributed by atoms with Crippen LogP contribution in [0.5, 0.6) is 0 Å². The van der Waals surface area contributed by atoms with E-state index >= 15 is 0 Å². The van der Waals surface area contributed by atoms with Gasteiger partial charge in [-0.05, 0) is 30.5 Å². The van der Waals surface area contributed by atoms with Crippen molar-refractivity contribution in [1.82, 2.24) is 18.7 Å². The number of carbonyl (C=O) groups excluding carboxylic acids is 1. The number of carbonyl (C=O) groups is 2. The lowest BCUT2D eigenvalue weighted by Crippen LogP contribution is -2.43. The number of quaternary nitrogens is 1. The molecule has 18 nitrogen and oxygen atoms in total. The summed E-state index contributed by atoms with van der Waals surface area (Å²) in [7, 11) is 10.4. The Morgan fingerprint density at radius 3 is 2.17 bits per heavy atom. The van der Waals surface area contributed by atoms with Crippen molar-refractivity contribution in [2.45, 2.75) is 31.4 Å². The number of imidazole rings is 1. The van der Waals surface area contributed by atoms with E-state index in [-0.39, 0.29) is 29.1 Å². The molecule has 0 radical (unpaired) electrons. The predicted octanol–water partition coefficient (Wildman–Crippen LogP) is -0.924. The summed E-state index contributed by atoms with van der Waals surface area (Å²) in [5, 5.41) is 28.1. The predicted molar refractivity (Wildman–Crippen MR) is 203 cm³/mol. The molecule has 8 N–H and O–H groups in total. The fourth-order valence-corrected chi connectivity index (χ4v) is 4.90. The number of hydrogen-bond donors (Lipinski definition) is 5. The highest BCUT2D eigenvalue weighted by Crippen LogP contribution is 2.19. The number of carboxylic acids is 2. The fraction of sp³-hybridized carbons (Fsp3) is 0.361. The standard InChI is InChI=1S/C15H10O2.C8H10N4O2.C7H15NO3.C6H14N4O2/c16-15-12-8-4-5-9-14(12)17-10-13(15)11-6-2-1-3-7-11;1-10-4-9-6-5(10)7(13)12(3)8(14)11(6)2;1-8(2,3)5-6(9)4-7(10)11;7-4(5(11)12)2-1-3-10-6(8)9/h1-10H;4H,1-3H3;6,9H,4-5H2,1-3H3;4H,1-3,7H2,(H,11,12)(H4,8,9,10)/t;;6-;4-/m..10/s1. The number of nitrogens with zero attached hydrogens (tertiary/aromatic N) is 6. The number of aliphatic hydroxyl groups is 1. The number of likely N-dealkylation sites (N-methyl/N-ethyl adjacent to an activating group) is 1. The number of guanidine groups is 1. The van der Waals surface area contributed by atoms with E-state index in [1.807, 2.05) is 63.6 Å². The van der Waals surface area contributed by atoms with Crippen LogP contribution >= 0.6 is 0 Å². The monoisotopic (exact) mass is 751 g/mol. The van der Waals surface area contributed by atoms with Crippen molar-refractivity contribution in [3.8, 4) is 11.1 Å². The van der Waals surface area contributed by atoms with Gasteiger partial charge in [0.2, 0.25) is 0 Å². The molecule has 0 aliphatic rings. The van der Waals surface area contributed by atoms with E-state index in [1.54, 1.807) is 30.8 Å². The minimum Gasteiger partial charge on any atom is -0.550 e. The highest BCUT2D eigenvalue weighted by Gasteiger charge is 2.15. The van der Waals surface area contributed by atoms with Gasteiger partial charge in [0.1, 0.15) is 30.5 Å². The lowest BCUT2D eigenvalue weighted by Gasteiger charge is -2.26. The summed E-state index contributed by atoms with van der Waals surface area (Å²) in [6.07, 6.45) is 2.92. The van der Waals surface area contributed by atoms with Crippen molar-refractivity contribution in [3.05, 3.63) is 98.2 Å². The Morgan fingerprint density at radius 1 is 0.981 bits per heavy atom. The van der Waals surface area contributed by atoms with Crippen LogP contribution in [-0.2, 0) is 30.7 Å². The maximum absolute atomic E-state index is 12.3. The number of aryl methyl sites for hydroxylation is 2. The Bertz CT molecular complexity index is 2210. The highest BCUT2D eigenvalue weighted by molar-refractivity contribution is 5.81. The number of rotatable bonds is 10. The smallest absolute Gasteiger partial charge is 0.332 e. The van der Waals surface area contributed by atoms with Gasteiger partial charge in [0, 0.05) is 40.1 Å². The first-order valence-corrected chi connectivity index (χ1v) is 16.6. The lowest BCUT2D eigenvalue weighted by molar-refractivity contribution is -0.873. The second-order valence-corrected chi connectivity index (χ2v) is 13.2. The van der Waals surface area contributed by atoms with Crippen LogP contribution < -0.4 is 39.0 Å². The van der Waals surface area contributed by atoms with E-state index in [4.69, 9.17) is 31.8 Å². The number of aliphatic carboxylic acids is 2. The molecule has 0 spiro atoms. The van der Waals surface area contributed by atoms with Gasteiger partial charge in [-0.2, -0.15) is 0 Å². The maximum atomic E-state index is 12.3. The fourth-order valence-electron chi connectivity index (χ4n) is 4.90. The third-order valence-corrected chi connectivity index (χ3v) is 7.53. The molecule has 292 valence electrons. The second kappa shape index (κ2) is 20.2. The van der Waals surface area contributed by atoms with E-state index in [9.17, 15) is 29.1 Å². The highest BCUT2D eigenvalue weighted by atomic mass is 16.4. The number of fused-ring (bicyclic) bond motifs is 2. The van der Waals surface area contributed by atoms with E-state index in [0.717, 1.165) is 10.1 Å². The van der Waals surface area contributed by atoms with Gasteiger partial charge in [-0.3, -0.25) is 28.5 Å². The molecule has 3 aromatic heterocycles. The van der Waals surface area contributed by atoms with Crippen molar-refractivity contribution in [3.63, 3.8) is 0 Å². The Labute approximate surface area is 310 Å². The van der Waals surface area contributed by atoms with Crippen LogP contribution in [0.3, 0.4) is 0 Å². The van der Waals surface area contributed by atoms with E-state index < -0.39 is 24.1 Å². The summed E-state index contributed by atoms with van der Waals surface area (Å²) >= 11 is 0. The van der Waals surface area contributed by atoms with Crippen LogP contribution in [0.1, 0.15) is 19.3 Å². The van der Waals surface area contributed by atoms with Crippen LogP contribution in [0.25, 0.3) is 33.3 Å². The summed E-state index contributed by atoms with van der Waals surface area (Å²) in [6, 6.07) is 16.0. The summed E-state index contributed by atoms with van der Waals surface area (Å²) in [6.45, 7) is 0.845. The Morgan fingerprint density at radius 2 is 1.59 bits per heavy atom. The number of hydrogen-bond acceptors (Lipinski definition) is 11. The second-order valence-electron chi connectivity index (χ2n) is 13.2. The number of benzene rings is 2. The Balaban J connectivity index is 0.000000254. The summed E-state index contributed by atoms with van der Waals surface area (Å²) < 4.78 is 10.1. The molecule has 2 aromatic carbocycles. The summed E-state index contributed by atoms with van der Waals surface area (Å²) in [4.78, 5) is 63.3. The van der Waals surface area contributed by atoms with Crippen LogP contribution in [-0.4, -0.2) is 97.7 Å². The zero-order valence-electron chi connectivity index (χ0n) is 31.2. The van der Waals surface area contributed by atoms with Gasteiger partial charge in [0.15, 0.2) is 22.6 Å². The van der Waals surface area contributed by atoms with Gasteiger partial charge in [0.05, 0.1) is 38.4 Å². The van der Waals surface area contributed by atoms with Gasteiger partial charge >= 0.3 is 11.7 Å². The molecule has 0 aliphatic carbocycles. The molecule has 3 heterocycles. The van der Waals surface area contributed by atoms with Gasteiger partial charge < -0.3 is 50.8 Å². The summed E-state index contributed by atoms with van der Waals surface area (Å²) in [5.41, 5.74) is 17.6. The minimum atomic E-state index is -1.20. The number of aromatic nitrogens is 4. The third kappa shape index (κ3) is 13.5. The molecule has 0 fully saturated rings. The first-order valence-electron chi connectivity index (χ1n) is 16.6. The third-order valence-electron chi connectivity index (χ3n) is 7.53. The number of nitrogens with two attached hydrogens (primary N) is 3. The molecule has 0 saturated heterocycles. The molecular formula is C36H49N9O9. The molecule has 0 aliphatic heterocycles. The maximum Gasteiger partial charge on any atom is 0.332 e. The van der Waals surface area contributed by atoms with Crippen molar-refractivity contribution >= 4 is 40.0 Å². The number of carboxylic acid groups (broad SMARTS) is 2. The average Bonchev–Trinajstić information content (AvgIpc) is 3.49. The van der Waals surface area contributed by atoms with Crippen molar-refractivity contribution in [2.24, 2.45) is 43.3 Å². The number of para-hydroxylation sites is 1. The molecule has 0 saturated carbocycles. The average molecular weight is 752 g/mol. The van der Waals surface area contributed by atoms with Gasteiger partial charge in [-0.15, -0.1) is 0 Å². The van der Waals surface area contributed by atoms with Crippen LogP contribution in [0.4, 0.5) is 0 Å². The molecule has 2 atom stereocenters. The number of aliphatic hydroxyl groups excluding tert-OH is 1. The molecule has 18 heteroatoms. The van der Waals surface area contributed by atoms with Gasteiger partial charge in [-0.25, -0.2) is 9.78 Å². The SMILES string of the molecule is C[N+](C)(C)C[C@H](O)CC(=O)[O-].Cn1c(=O)c2c(ncn2C)n(C)c1=O.NC(N)=NCCC[C@H](N)C(=O)O.O=c1c(-c2ccccc2)coc2ccccc12. The van der Waals surface area contributed by atoms with Crippen LogP contribution in [0.2, 0.25) is 0 Å². The van der Waals surface area contributed by atoms with E-state index in [1.165, 1.54) is 24.2 Å². The Kier molecular flexibility index (Phi) is 16.5. The first kappa shape index (κ1) is 44.1. The van der Waals surface area contributed by atoms with Gasteiger partial charge in [0.25, 0.3) is 5.56 Å². The summed E-state index contributed by atoms with van der Waals surface area (Å²) in [5.74, 6) is -2.19. The number of aliphatic imine (C=N–C) groups is 1. The molecule has 5 rings (SSSR count). The lowest BCUT2D eigenvalue weighted by atomic mass is 10.1. The van der Waals surface area contributed by atoms with E-state index in [0.29, 0.717) is 58.1 Å². The first-order chi connectivity index (χ1) is 25.2. The zero-order valence-corrected chi connectivity index (χ0v) is 31.2. The normalized spacial score (nSPS) is 11.9. The Hall–Kier alpha value is -6.11. The molecular weight excluding hydrogens is 702 g/mol. The van der Waals surface area contributed by atoms with Crippen molar-refractivity contribution in [1.29, 1.82) is 0 Å². The molecule has 5 aromatic rings. The minimum absolute atomic E-state index is 0.0121. The molecule has 0 unspecified atom stereocenters. The van der Waals surface area contributed by atoms with E-state index in [2.05, 4.69) is 9.98 Å². The quantitative estimate of drug-likeness (QED) is 0.0500. The van der Waals surface area contributed by atoms with Crippen LogP contribution in [0.15, 0.2) is 91.0 Å². The van der Waals surface area contributed by atoms with Gasteiger partial charge in [-0.1, -0.05) is 42.5 Å². The zero-order chi connectivity index (χ0) is 40.7. The largest absolute Gasteiger partial charge is 0.550 e. The molecule has 0 bridgehead atoms.